The molecule has 4 aromatic carbocycles. The topological polar surface area (TPSA) is 84.0 Å². The summed E-state index contributed by atoms with van der Waals surface area (Å²) < 4.78 is 93.3. The number of amides is 1. The Morgan fingerprint density at radius 2 is 1.43 bits per heavy atom. The molecule has 0 N–H and O–H groups in total. The summed E-state index contributed by atoms with van der Waals surface area (Å²) >= 11 is 2.63. The fraction of sp³-hybridized carbons (Fsp3) is 0.350. The number of hydrogen-bond donors (Lipinski definition) is 0. The maximum atomic E-state index is 15.4. The lowest BCUT2D eigenvalue weighted by Crippen LogP contribution is -2.43. The Balaban J connectivity index is 1.34. The molecule has 0 radical (unpaired) electrons. The van der Waals surface area contributed by atoms with Crippen molar-refractivity contribution in [3.8, 4) is 5.75 Å². The second kappa shape index (κ2) is 14.6. The maximum absolute atomic E-state index is 15.4. The number of halogens is 5. The minimum Gasteiger partial charge on any atom is -0.488 e. The van der Waals surface area contributed by atoms with Crippen molar-refractivity contribution in [2.24, 2.45) is 0 Å². The van der Waals surface area contributed by atoms with Gasteiger partial charge in [0.15, 0.2) is 29.1 Å². The lowest BCUT2D eigenvalue weighted by Gasteiger charge is -2.30. The minimum absolute atomic E-state index is 0.00430. The van der Waals surface area contributed by atoms with E-state index in [4.69, 9.17) is 4.74 Å². The number of rotatable bonds is 14. The number of hydrogen-bond acceptors (Lipinski definition) is 5. The van der Waals surface area contributed by atoms with Crippen molar-refractivity contribution in [3.05, 3.63) is 122 Å². The number of benzene rings is 4. The van der Waals surface area contributed by atoms with Gasteiger partial charge < -0.3 is 9.64 Å². The van der Waals surface area contributed by atoms with E-state index in [9.17, 15) is 31.2 Å². The van der Waals surface area contributed by atoms with E-state index in [2.05, 4.69) is 22.0 Å². The molecule has 1 amide bonds. The molecule has 4 aromatic rings. The number of nitrogens with zero attached hydrogens (tertiary/aromatic N) is 2. The average Bonchev–Trinajstić information content (AvgIpc) is 3.95. The molecule has 0 heterocycles. The third kappa shape index (κ3) is 7.93. The molecule has 0 bridgehead atoms. The van der Waals surface area contributed by atoms with Crippen LogP contribution in [-0.2, 0) is 27.9 Å². The Kier molecular flexibility index (Phi) is 10.3. The van der Waals surface area contributed by atoms with E-state index >= 15 is 4.39 Å². The lowest BCUT2D eigenvalue weighted by molar-refractivity contribution is -0.119. The van der Waals surface area contributed by atoms with Gasteiger partial charge in [-0.3, -0.25) is 9.59 Å². The highest BCUT2D eigenvalue weighted by Gasteiger charge is 2.39. The Morgan fingerprint density at radius 1 is 0.811 bits per heavy atom. The van der Waals surface area contributed by atoms with Crippen molar-refractivity contribution in [1.29, 1.82) is 0 Å². The van der Waals surface area contributed by atoms with E-state index in [1.54, 1.807) is 49.4 Å². The van der Waals surface area contributed by atoms with Gasteiger partial charge in [0.05, 0.1) is 29.4 Å². The second-order valence-electron chi connectivity index (χ2n) is 14.2. The molecule has 3 aliphatic rings. The third-order valence-electron chi connectivity index (χ3n) is 9.94. The Morgan fingerprint density at radius 3 is 2.02 bits per heavy atom. The van der Waals surface area contributed by atoms with Gasteiger partial charge in [-0.1, -0.05) is 42.5 Å². The standard InChI is InChI=1S/C40H37BrF4N2O5S/c1-22-5-3-4-6-28(22)20-46(53(50,51)40-35(41)36(42)37(43)38(44)39(40)45)21-34(49)47(32-14-11-27(23(2)48)18-33(32)52-31-12-13-31)19-24-15-29(25-7-8-25)17-30(16-24)26-9-10-26/h3-6,11,14-18,25-26,31H,7-10,12-13,19-21H2,1-2H3. The van der Waals surface area contributed by atoms with Crippen LogP contribution in [-0.4, -0.2) is 37.1 Å². The van der Waals surface area contributed by atoms with E-state index in [0.717, 1.165) is 44.1 Å². The van der Waals surface area contributed by atoms with E-state index in [1.165, 1.54) is 23.0 Å². The first kappa shape index (κ1) is 37.3. The number of anilines is 1. The van der Waals surface area contributed by atoms with Crippen molar-refractivity contribution in [2.75, 3.05) is 11.4 Å². The van der Waals surface area contributed by atoms with E-state index in [-0.39, 0.29) is 29.9 Å². The van der Waals surface area contributed by atoms with Gasteiger partial charge in [0.1, 0.15) is 10.6 Å². The maximum Gasteiger partial charge on any atom is 0.248 e. The fourth-order valence-electron chi connectivity index (χ4n) is 6.43. The molecular formula is C40H37BrF4N2O5S. The molecule has 3 aliphatic carbocycles. The largest absolute Gasteiger partial charge is 0.488 e. The zero-order chi connectivity index (χ0) is 37.8. The van der Waals surface area contributed by atoms with Crippen LogP contribution < -0.4 is 9.64 Å². The lowest BCUT2D eigenvalue weighted by atomic mass is 9.99. The van der Waals surface area contributed by atoms with Crippen LogP contribution in [0.2, 0.25) is 0 Å². The Hall–Kier alpha value is -4.07. The monoisotopic (exact) mass is 812 g/mol. The molecule has 0 aliphatic heterocycles. The van der Waals surface area contributed by atoms with Crippen molar-refractivity contribution < 1.29 is 40.3 Å². The SMILES string of the molecule is CC(=O)c1ccc(N(Cc2cc(C3CC3)cc(C3CC3)c2)C(=O)CN(Cc2ccccc2C)S(=O)(=O)c2c(F)c(F)c(F)c(F)c2Br)c(OC2CC2)c1. The van der Waals surface area contributed by atoms with Gasteiger partial charge in [0, 0.05) is 12.1 Å². The van der Waals surface area contributed by atoms with Crippen LogP contribution in [0.3, 0.4) is 0 Å². The average molecular weight is 814 g/mol. The molecule has 0 unspecified atom stereocenters. The number of ether oxygens (including phenoxy) is 1. The van der Waals surface area contributed by atoms with Gasteiger partial charge in [-0.15, -0.1) is 0 Å². The molecular weight excluding hydrogens is 776 g/mol. The summed E-state index contributed by atoms with van der Waals surface area (Å²) in [6.07, 6.45) is 5.66. The summed E-state index contributed by atoms with van der Waals surface area (Å²) in [5, 5.41) is 0. The predicted octanol–water partition coefficient (Wildman–Crippen LogP) is 9.24. The normalized spacial score (nSPS) is 15.8. The van der Waals surface area contributed by atoms with Crippen LogP contribution in [0.4, 0.5) is 23.2 Å². The summed E-state index contributed by atoms with van der Waals surface area (Å²) in [7, 11) is -5.24. The highest BCUT2D eigenvalue weighted by molar-refractivity contribution is 9.10. The molecule has 0 aromatic heterocycles. The summed E-state index contributed by atoms with van der Waals surface area (Å²) in [6, 6.07) is 17.7. The van der Waals surface area contributed by atoms with Crippen molar-refractivity contribution >= 4 is 43.3 Å². The molecule has 278 valence electrons. The van der Waals surface area contributed by atoms with E-state index in [0.29, 0.717) is 32.8 Å². The fourth-order valence-corrected chi connectivity index (χ4v) is 8.87. The number of ketones is 1. The number of aryl methyl sites for hydroxylation is 1. The predicted molar refractivity (Wildman–Crippen MR) is 194 cm³/mol. The van der Waals surface area contributed by atoms with Crippen LogP contribution in [0.5, 0.6) is 5.75 Å². The minimum atomic E-state index is -5.24. The summed E-state index contributed by atoms with van der Waals surface area (Å²) in [5.74, 6) is -8.43. The molecule has 0 atom stereocenters. The molecule has 3 saturated carbocycles. The van der Waals surface area contributed by atoms with Crippen LogP contribution in [0.1, 0.15) is 95.5 Å². The summed E-state index contributed by atoms with van der Waals surface area (Å²) in [5.41, 5.74) is 4.86. The first-order chi connectivity index (χ1) is 25.2. The Bertz CT molecular complexity index is 2180. The van der Waals surface area contributed by atoms with Gasteiger partial charge in [-0.05, 0) is 126 Å². The van der Waals surface area contributed by atoms with Crippen LogP contribution in [0.15, 0.2) is 70.0 Å². The van der Waals surface area contributed by atoms with Gasteiger partial charge in [-0.2, -0.15) is 4.31 Å². The first-order valence-corrected chi connectivity index (χ1v) is 19.8. The molecule has 7 nitrogen and oxygen atoms in total. The molecule has 0 spiro atoms. The van der Waals surface area contributed by atoms with Crippen LogP contribution in [0, 0.1) is 30.2 Å². The number of carbonyl (C=O) groups is 2. The summed E-state index contributed by atoms with van der Waals surface area (Å²) in [6.45, 7) is 1.73. The van der Waals surface area contributed by atoms with E-state index in [1.807, 2.05) is 12.1 Å². The zero-order valence-corrected chi connectivity index (χ0v) is 31.5. The van der Waals surface area contributed by atoms with Gasteiger partial charge in [0.25, 0.3) is 0 Å². The van der Waals surface area contributed by atoms with Crippen molar-refractivity contribution in [2.45, 2.75) is 88.3 Å². The van der Waals surface area contributed by atoms with Crippen LogP contribution in [0.25, 0.3) is 0 Å². The smallest absolute Gasteiger partial charge is 0.248 e. The van der Waals surface area contributed by atoms with Gasteiger partial charge in [-0.25, -0.2) is 26.0 Å². The molecule has 53 heavy (non-hydrogen) atoms. The van der Waals surface area contributed by atoms with Crippen molar-refractivity contribution in [3.63, 3.8) is 0 Å². The molecule has 0 saturated heterocycles. The highest BCUT2D eigenvalue weighted by atomic mass is 79.9. The van der Waals surface area contributed by atoms with E-state index < -0.39 is 61.7 Å². The highest BCUT2D eigenvalue weighted by Crippen LogP contribution is 2.46. The quantitative estimate of drug-likeness (QED) is 0.0549. The number of sulfonamides is 1. The molecule has 3 fully saturated rings. The van der Waals surface area contributed by atoms with Crippen LogP contribution >= 0.6 is 15.9 Å². The van der Waals surface area contributed by atoms with Gasteiger partial charge >= 0.3 is 0 Å². The number of Topliss-reactive ketones (excluding diaryl/α,β-unsaturated/α-hetero) is 1. The number of carbonyl (C=O) groups excluding carboxylic acids is 2. The molecule has 7 rings (SSSR count). The zero-order valence-electron chi connectivity index (χ0n) is 29.1. The molecule has 13 heteroatoms. The van der Waals surface area contributed by atoms with Gasteiger partial charge in [0.2, 0.25) is 15.9 Å². The Labute approximate surface area is 314 Å². The summed E-state index contributed by atoms with van der Waals surface area (Å²) in [4.78, 5) is 27.1. The first-order valence-electron chi connectivity index (χ1n) is 17.5. The second-order valence-corrected chi connectivity index (χ2v) is 16.9. The van der Waals surface area contributed by atoms with Crippen molar-refractivity contribution in [1.82, 2.24) is 4.31 Å². The third-order valence-corrected chi connectivity index (χ3v) is 12.8.